The fourth-order valence-electron chi connectivity index (χ4n) is 2.76. The molecule has 3 aromatic rings. The largest absolute Gasteiger partial charge is 0.495 e. The molecule has 3 rings (SSSR count). The van der Waals surface area contributed by atoms with E-state index in [2.05, 4.69) is 15.3 Å². The Kier molecular flexibility index (Phi) is 5.47. The molecular weight excluding hydrogens is 344 g/mol. The lowest BCUT2D eigenvalue weighted by atomic mass is 10.1. The number of nitrogens with zero attached hydrogens (tertiary/aromatic N) is 2. The highest BCUT2D eigenvalue weighted by molar-refractivity contribution is 5.92. The predicted molar refractivity (Wildman–Crippen MR) is 102 cm³/mol. The highest BCUT2D eigenvalue weighted by Crippen LogP contribution is 2.25. The van der Waals surface area contributed by atoms with Gasteiger partial charge in [0.2, 0.25) is 5.91 Å². The van der Waals surface area contributed by atoms with Crippen molar-refractivity contribution in [3.05, 3.63) is 64.2 Å². The molecule has 1 aromatic heterocycles. The molecule has 0 spiro atoms. The summed E-state index contributed by atoms with van der Waals surface area (Å²) in [5.41, 5.74) is 1.35. The van der Waals surface area contributed by atoms with E-state index in [0.717, 1.165) is 0 Å². The van der Waals surface area contributed by atoms with Crippen molar-refractivity contribution >= 4 is 22.5 Å². The van der Waals surface area contributed by atoms with Crippen molar-refractivity contribution in [2.45, 2.75) is 19.3 Å². The van der Waals surface area contributed by atoms with Gasteiger partial charge in [-0.05, 0) is 36.8 Å². The zero-order valence-corrected chi connectivity index (χ0v) is 14.8. The van der Waals surface area contributed by atoms with Crippen LogP contribution in [-0.2, 0) is 11.2 Å². The van der Waals surface area contributed by atoms with Gasteiger partial charge in [-0.3, -0.25) is 9.59 Å². The molecule has 0 unspecified atom stereocenters. The Morgan fingerprint density at radius 2 is 2.11 bits per heavy atom. The molecule has 0 saturated heterocycles. The maximum Gasteiger partial charge on any atom is 0.258 e. The summed E-state index contributed by atoms with van der Waals surface area (Å²) in [7, 11) is 1.50. The molecule has 0 aliphatic heterocycles. The number of carbonyl (C=O) groups excluding carboxylic acids is 1. The molecule has 0 bridgehead atoms. The topological polar surface area (TPSA) is 108 Å². The second-order valence-electron chi connectivity index (χ2n) is 5.96. The molecular formula is C20H18N4O3. The quantitative estimate of drug-likeness (QED) is 0.701. The number of nitrogens with one attached hydrogen (secondary N) is 2. The number of nitriles is 1. The fraction of sp³-hybridized carbons (Fsp3) is 0.200. The highest BCUT2D eigenvalue weighted by Gasteiger charge is 2.10. The first-order chi connectivity index (χ1) is 13.1. The number of hydrogen-bond acceptors (Lipinski definition) is 5. The van der Waals surface area contributed by atoms with Crippen LogP contribution in [0.3, 0.4) is 0 Å². The second-order valence-corrected chi connectivity index (χ2v) is 5.96. The summed E-state index contributed by atoms with van der Waals surface area (Å²) in [4.78, 5) is 31.4. The van der Waals surface area contributed by atoms with Gasteiger partial charge in [0.1, 0.15) is 11.6 Å². The number of benzene rings is 2. The molecule has 0 saturated carbocycles. The Hall–Kier alpha value is -3.66. The van der Waals surface area contributed by atoms with Crippen molar-refractivity contribution in [1.29, 1.82) is 5.26 Å². The van der Waals surface area contributed by atoms with Crippen LogP contribution in [-0.4, -0.2) is 23.0 Å². The number of ether oxygens (including phenoxy) is 1. The zero-order valence-electron chi connectivity index (χ0n) is 14.8. The molecule has 1 amide bonds. The van der Waals surface area contributed by atoms with Gasteiger partial charge in [0, 0.05) is 12.8 Å². The maximum atomic E-state index is 12.2. The average Bonchev–Trinajstić information content (AvgIpc) is 2.68. The summed E-state index contributed by atoms with van der Waals surface area (Å²) in [5.74, 6) is 0.838. The maximum absolute atomic E-state index is 12.2. The lowest BCUT2D eigenvalue weighted by molar-refractivity contribution is -0.116. The van der Waals surface area contributed by atoms with E-state index in [-0.39, 0.29) is 17.9 Å². The third-order valence-corrected chi connectivity index (χ3v) is 4.08. The molecule has 2 aromatic carbocycles. The normalized spacial score (nSPS) is 10.4. The molecule has 0 aliphatic rings. The Morgan fingerprint density at radius 1 is 1.30 bits per heavy atom. The van der Waals surface area contributed by atoms with Crippen molar-refractivity contribution in [3.63, 3.8) is 0 Å². The number of anilines is 1. The van der Waals surface area contributed by atoms with E-state index < -0.39 is 0 Å². The zero-order chi connectivity index (χ0) is 19.2. The van der Waals surface area contributed by atoms with Crippen LogP contribution < -0.4 is 15.6 Å². The molecule has 27 heavy (non-hydrogen) atoms. The van der Waals surface area contributed by atoms with Crippen LogP contribution in [0.15, 0.2) is 47.3 Å². The number of rotatable bonds is 6. The van der Waals surface area contributed by atoms with Gasteiger partial charge in [-0.25, -0.2) is 4.98 Å². The number of aromatic amines is 1. The van der Waals surface area contributed by atoms with Crippen molar-refractivity contribution in [2.24, 2.45) is 0 Å². The number of hydrogen-bond donors (Lipinski definition) is 2. The lowest BCUT2D eigenvalue weighted by Gasteiger charge is -2.10. The molecule has 0 aliphatic carbocycles. The number of carbonyl (C=O) groups is 1. The highest BCUT2D eigenvalue weighted by atomic mass is 16.5. The van der Waals surface area contributed by atoms with Gasteiger partial charge in [0.05, 0.1) is 35.3 Å². The minimum absolute atomic E-state index is 0.182. The van der Waals surface area contributed by atoms with Crippen LogP contribution in [0, 0.1) is 11.3 Å². The minimum Gasteiger partial charge on any atom is -0.495 e. The third kappa shape index (κ3) is 4.30. The van der Waals surface area contributed by atoms with Gasteiger partial charge in [0.15, 0.2) is 0 Å². The fourth-order valence-corrected chi connectivity index (χ4v) is 2.76. The predicted octanol–water partition coefficient (Wildman–Crippen LogP) is 2.76. The molecule has 0 radical (unpaired) electrons. The molecule has 7 nitrogen and oxygen atoms in total. The number of fused-ring (bicyclic) bond motifs is 1. The van der Waals surface area contributed by atoms with E-state index in [9.17, 15) is 9.59 Å². The SMILES string of the molecule is COc1ccc(C#N)cc1NC(=O)CCCc1nc2ccccc2c(=O)[nH]1. The van der Waals surface area contributed by atoms with Crippen molar-refractivity contribution in [3.8, 4) is 11.8 Å². The van der Waals surface area contributed by atoms with E-state index in [1.54, 1.807) is 36.4 Å². The lowest BCUT2D eigenvalue weighted by Crippen LogP contribution is -2.14. The van der Waals surface area contributed by atoms with Crippen LogP contribution >= 0.6 is 0 Å². The number of methoxy groups -OCH3 is 1. The Balaban J connectivity index is 1.62. The number of H-pyrrole nitrogens is 1. The van der Waals surface area contributed by atoms with Crippen molar-refractivity contribution in [1.82, 2.24) is 9.97 Å². The second kappa shape index (κ2) is 8.15. The van der Waals surface area contributed by atoms with Gasteiger partial charge in [0.25, 0.3) is 5.56 Å². The summed E-state index contributed by atoms with van der Waals surface area (Å²) in [6, 6.07) is 14.0. The molecule has 0 atom stereocenters. The van der Waals surface area contributed by atoms with Crippen molar-refractivity contribution in [2.75, 3.05) is 12.4 Å². The minimum atomic E-state index is -0.202. The number of amides is 1. The summed E-state index contributed by atoms with van der Waals surface area (Å²) in [6.45, 7) is 0. The van der Waals surface area contributed by atoms with Gasteiger partial charge in [-0.2, -0.15) is 5.26 Å². The van der Waals surface area contributed by atoms with E-state index >= 15 is 0 Å². The molecule has 2 N–H and O–H groups in total. The first-order valence-electron chi connectivity index (χ1n) is 8.46. The van der Waals surface area contributed by atoms with Crippen LogP contribution in [0.2, 0.25) is 0 Å². The van der Waals surface area contributed by atoms with Gasteiger partial charge < -0.3 is 15.0 Å². The summed E-state index contributed by atoms with van der Waals surface area (Å²) >= 11 is 0. The third-order valence-electron chi connectivity index (χ3n) is 4.08. The summed E-state index contributed by atoms with van der Waals surface area (Å²) in [6.07, 6.45) is 1.24. The molecule has 0 fully saturated rings. The van der Waals surface area contributed by atoms with Gasteiger partial charge in [-0.15, -0.1) is 0 Å². The first-order valence-corrected chi connectivity index (χ1v) is 8.46. The molecule has 1 heterocycles. The molecule has 7 heteroatoms. The average molecular weight is 362 g/mol. The van der Waals surface area contributed by atoms with Crippen LogP contribution in [0.5, 0.6) is 5.75 Å². The van der Waals surface area contributed by atoms with Crippen molar-refractivity contribution < 1.29 is 9.53 Å². The van der Waals surface area contributed by atoms with Gasteiger partial charge >= 0.3 is 0 Å². The van der Waals surface area contributed by atoms with Gasteiger partial charge in [-0.1, -0.05) is 12.1 Å². The summed E-state index contributed by atoms with van der Waals surface area (Å²) in [5, 5.41) is 12.3. The Morgan fingerprint density at radius 3 is 2.89 bits per heavy atom. The van der Waals surface area contributed by atoms with Crippen LogP contribution in [0.25, 0.3) is 10.9 Å². The van der Waals surface area contributed by atoms with Crippen LogP contribution in [0.4, 0.5) is 5.69 Å². The standard InChI is InChI=1S/C20H18N4O3/c1-27-17-10-9-13(12-21)11-16(17)23-19(25)8-4-7-18-22-15-6-3-2-5-14(15)20(26)24-18/h2-3,5-6,9-11H,4,7-8H2,1H3,(H,23,25)(H,22,24,26). The smallest absolute Gasteiger partial charge is 0.258 e. The number of aromatic nitrogens is 2. The monoisotopic (exact) mass is 362 g/mol. The van der Waals surface area contributed by atoms with E-state index in [1.807, 2.05) is 12.1 Å². The van der Waals surface area contributed by atoms with E-state index in [0.29, 0.717) is 46.6 Å². The Bertz CT molecular complexity index is 1080. The summed E-state index contributed by atoms with van der Waals surface area (Å²) < 4.78 is 5.20. The van der Waals surface area contributed by atoms with E-state index in [1.165, 1.54) is 7.11 Å². The Labute approximate surface area is 155 Å². The first kappa shape index (κ1) is 18.1. The molecule has 136 valence electrons. The van der Waals surface area contributed by atoms with E-state index in [4.69, 9.17) is 10.00 Å². The van der Waals surface area contributed by atoms with Crippen LogP contribution in [0.1, 0.15) is 24.2 Å². The number of para-hydroxylation sites is 1. The number of aryl methyl sites for hydroxylation is 1.